The third kappa shape index (κ3) is 2.34. The molecule has 25 heavy (non-hydrogen) atoms. The van der Waals surface area contributed by atoms with Gasteiger partial charge in [0.25, 0.3) is 0 Å². The minimum atomic E-state index is -0.370. The molecule has 124 valence electrons. The van der Waals surface area contributed by atoms with Crippen molar-refractivity contribution < 1.29 is 13.9 Å². The minimum Gasteiger partial charge on any atom is -0.454 e. The maximum absolute atomic E-state index is 12.3. The van der Waals surface area contributed by atoms with Crippen molar-refractivity contribution in [2.75, 3.05) is 6.79 Å². The largest absolute Gasteiger partial charge is 0.454 e. The molecule has 0 spiro atoms. The molecule has 0 amide bonds. The molecule has 2 aliphatic rings. The van der Waals surface area contributed by atoms with E-state index in [1.54, 1.807) is 6.07 Å². The number of nitrogens with one attached hydrogen (secondary N) is 1. The van der Waals surface area contributed by atoms with E-state index in [4.69, 9.17) is 13.9 Å². The van der Waals surface area contributed by atoms with E-state index >= 15 is 0 Å². The number of ether oxygens (including phenoxy) is 2. The van der Waals surface area contributed by atoms with Crippen LogP contribution in [0.3, 0.4) is 0 Å². The molecule has 3 aromatic rings. The van der Waals surface area contributed by atoms with Crippen molar-refractivity contribution in [2.45, 2.75) is 12.5 Å². The molecular formula is C19H14N2O4. The third-order valence-corrected chi connectivity index (χ3v) is 4.50. The fraction of sp³-hybridized carbons (Fsp3) is 0.158. The molecule has 0 radical (unpaired) electrons. The normalized spacial score (nSPS) is 18.2. The average molecular weight is 334 g/mol. The highest BCUT2D eigenvalue weighted by Crippen LogP contribution is 2.36. The van der Waals surface area contributed by atoms with Gasteiger partial charge in [0.2, 0.25) is 6.79 Å². The van der Waals surface area contributed by atoms with Crippen LogP contribution in [-0.4, -0.2) is 12.5 Å². The molecule has 0 aliphatic carbocycles. The summed E-state index contributed by atoms with van der Waals surface area (Å²) in [6.45, 7) is 0.247. The number of fused-ring (bicyclic) bond motifs is 2. The van der Waals surface area contributed by atoms with Gasteiger partial charge in [-0.1, -0.05) is 24.3 Å². The Bertz CT molecular complexity index is 1070. The second-order valence-electron chi connectivity index (χ2n) is 6.04. The summed E-state index contributed by atoms with van der Waals surface area (Å²) in [7, 11) is 0. The SMILES string of the molecule is O=c1oc2ccccc2cc1C1=NNC(c2ccc3c(c2)OCO3)C1. The predicted octanol–water partition coefficient (Wildman–Crippen LogP) is 2.96. The molecule has 6 heteroatoms. The summed E-state index contributed by atoms with van der Waals surface area (Å²) in [6, 6.07) is 15.1. The van der Waals surface area contributed by atoms with Gasteiger partial charge in [-0.05, 0) is 29.8 Å². The fourth-order valence-corrected chi connectivity index (χ4v) is 3.20. The van der Waals surface area contributed by atoms with Crippen molar-refractivity contribution in [3.05, 3.63) is 70.1 Å². The van der Waals surface area contributed by atoms with Gasteiger partial charge in [0.1, 0.15) is 5.58 Å². The Labute approximate surface area is 142 Å². The van der Waals surface area contributed by atoms with Crippen molar-refractivity contribution in [1.29, 1.82) is 0 Å². The zero-order valence-electron chi connectivity index (χ0n) is 13.2. The molecule has 1 N–H and O–H groups in total. The first-order valence-electron chi connectivity index (χ1n) is 8.03. The maximum atomic E-state index is 12.3. The third-order valence-electron chi connectivity index (χ3n) is 4.50. The molecule has 2 aromatic carbocycles. The van der Waals surface area contributed by atoms with Crippen molar-refractivity contribution in [3.8, 4) is 11.5 Å². The molecule has 2 aliphatic heterocycles. The molecule has 3 heterocycles. The van der Waals surface area contributed by atoms with Gasteiger partial charge in [-0.2, -0.15) is 5.10 Å². The number of para-hydroxylation sites is 1. The van der Waals surface area contributed by atoms with Gasteiger partial charge in [-0.25, -0.2) is 4.79 Å². The lowest BCUT2D eigenvalue weighted by molar-refractivity contribution is 0.174. The summed E-state index contributed by atoms with van der Waals surface area (Å²) in [5, 5.41) is 5.24. The summed E-state index contributed by atoms with van der Waals surface area (Å²) < 4.78 is 16.2. The van der Waals surface area contributed by atoms with Gasteiger partial charge in [0.05, 0.1) is 17.3 Å². The summed E-state index contributed by atoms with van der Waals surface area (Å²) >= 11 is 0. The molecule has 1 unspecified atom stereocenters. The quantitative estimate of drug-likeness (QED) is 0.730. The predicted molar refractivity (Wildman–Crippen MR) is 92.1 cm³/mol. The smallest absolute Gasteiger partial charge is 0.345 e. The number of hydrazone groups is 1. The van der Waals surface area contributed by atoms with Gasteiger partial charge < -0.3 is 19.3 Å². The van der Waals surface area contributed by atoms with Crippen LogP contribution < -0.4 is 20.5 Å². The van der Waals surface area contributed by atoms with Crippen LogP contribution in [0.4, 0.5) is 0 Å². The highest BCUT2D eigenvalue weighted by molar-refractivity contribution is 6.03. The second-order valence-corrected chi connectivity index (χ2v) is 6.04. The molecule has 1 aromatic heterocycles. The first-order chi connectivity index (χ1) is 12.3. The monoisotopic (exact) mass is 334 g/mol. The van der Waals surface area contributed by atoms with Crippen molar-refractivity contribution >= 4 is 16.7 Å². The summed E-state index contributed by atoms with van der Waals surface area (Å²) in [4.78, 5) is 12.3. The molecule has 0 fully saturated rings. The molecule has 0 bridgehead atoms. The zero-order chi connectivity index (χ0) is 16.8. The van der Waals surface area contributed by atoms with Crippen LogP contribution in [0.5, 0.6) is 11.5 Å². The van der Waals surface area contributed by atoms with Crippen molar-refractivity contribution in [3.63, 3.8) is 0 Å². The van der Waals surface area contributed by atoms with Gasteiger partial charge in [-0.15, -0.1) is 0 Å². The van der Waals surface area contributed by atoms with Crippen LogP contribution in [0.2, 0.25) is 0 Å². The van der Waals surface area contributed by atoms with Crippen LogP contribution in [0.15, 0.2) is 62.8 Å². The Morgan fingerprint density at radius 2 is 1.92 bits per heavy atom. The maximum Gasteiger partial charge on any atom is 0.345 e. The van der Waals surface area contributed by atoms with Crippen LogP contribution in [0, 0.1) is 0 Å². The molecule has 0 saturated heterocycles. The molecule has 6 nitrogen and oxygen atoms in total. The van der Waals surface area contributed by atoms with E-state index in [0.29, 0.717) is 23.3 Å². The van der Waals surface area contributed by atoms with Crippen LogP contribution in [-0.2, 0) is 0 Å². The number of benzene rings is 2. The first kappa shape index (κ1) is 14.1. The Hall–Kier alpha value is -3.28. The Balaban J connectivity index is 1.45. The van der Waals surface area contributed by atoms with E-state index in [9.17, 15) is 4.79 Å². The number of hydrogen-bond acceptors (Lipinski definition) is 6. The lowest BCUT2D eigenvalue weighted by atomic mass is 9.99. The second kappa shape index (κ2) is 5.37. The van der Waals surface area contributed by atoms with E-state index < -0.39 is 0 Å². The van der Waals surface area contributed by atoms with E-state index in [1.165, 1.54) is 0 Å². The molecule has 5 rings (SSSR count). The summed E-state index contributed by atoms with van der Waals surface area (Å²) in [5.74, 6) is 1.48. The topological polar surface area (TPSA) is 73.1 Å². The lowest BCUT2D eigenvalue weighted by Gasteiger charge is -2.10. The van der Waals surface area contributed by atoms with Crippen LogP contribution >= 0.6 is 0 Å². The average Bonchev–Trinajstić information content (AvgIpc) is 3.29. The van der Waals surface area contributed by atoms with E-state index in [0.717, 1.165) is 22.4 Å². The zero-order valence-corrected chi connectivity index (χ0v) is 13.2. The number of rotatable bonds is 2. The van der Waals surface area contributed by atoms with Crippen molar-refractivity contribution in [2.24, 2.45) is 5.10 Å². The van der Waals surface area contributed by atoms with Crippen LogP contribution in [0.1, 0.15) is 23.6 Å². The van der Waals surface area contributed by atoms with Gasteiger partial charge in [0.15, 0.2) is 11.5 Å². The first-order valence-corrected chi connectivity index (χ1v) is 8.03. The molecular weight excluding hydrogens is 320 g/mol. The van der Waals surface area contributed by atoms with Gasteiger partial charge in [-0.3, -0.25) is 0 Å². The highest BCUT2D eigenvalue weighted by Gasteiger charge is 2.25. The van der Waals surface area contributed by atoms with E-state index in [1.807, 2.05) is 42.5 Å². The standard InChI is InChI=1S/C19H14N2O4/c22-19-13(7-12-3-1-2-4-16(12)25-19)15-9-14(20-21-15)11-5-6-17-18(8-11)24-10-23-17/h1-8,14,20H,9-10H2. The van der Waals surface area contributed by atoms with Crippen LogP contribution in [0.25, 0.3) is 11.0 Å². The summed E-state index contributed by atoms with van der Waals surface area (Å²) in [6.07, 6.45) is 0.600. The summed E-state index contributed by atoms with van der Waals surface area (Å²) in [5.41, 5.74) is 5.53. The Kier molecular flexibility index (Phi) is 3.03. The van der Waals surface area contributed by atoms with Crippen molar-refractivity contribution in [1.82, 2.24) is 5.43 Å². The number of hydrogen-bond donors (Lipinski definition) is 1. The Morgan fingerprint density at radius 1 is 1.04 bits per heavy atom. The van der Waals surface area contributed by atoms with Gasteiger partial charge in [0, 0.05) is 11.8 Å². The minimum absolute atomic E-state index is 0.0182. The molecule has 1 atom stereocenters. The highest BCUT2D eigenvalue weighted by atomic mass is 16.7. The fourth-order valence-electron chi connectivity index (χ4n) is 3.20. The van der Waals surface area contributed by atoms with Gasteiger partial charge >= 0.3 is 5.63 Å². The molecule has 0 saturated carbocycles. The Morgan fingerprint density at radius 3 is 2.88 bits per heavy atom. The lowest BCUT2D eigenvalue weighted by Crippen LogP contribution is -2.14. The number of nitrogens with zero attached hydrogens (tertiary/aromatic N) is 1. The van der Waals surface area contributed by atoms with E-state index in [2.05, 4.69) is 10.5 Å². The van der Waals surface area contributed by atoms with E-state index in [-0.39, 0.29) is 18.5 Å².